The average molecular weight is 724 g/mol. The van der Waals surface area contributed by atoms with Crippen molar-refractivity contribution in [3.63, 3.8) is 0 Å². The third kappa shape index (κ3) is 4.62. The fraction of sp³-hybridized carbons (Fsp3) is 0. The summed E-state index contributed by atoms with van der Waals surface area (Å²) in [5.41, 5.74) is 10.8. The van der Waals surface area contributed by atoms with Crippen LogP contribution in [-0.2, 0) is 0 Å². The Kier molecular flexibility index (Phi) is 6.44. The topological polar surface area (TPSA) is 47.3 Å². The summed E-state index contributed by atoms with van der Waals surface area (Å²) in [4.78, 5) is 7.21. The minimum Gasteiger partial charge on any atom is -0.456 e. The summed E-state index contributed by atoms with van der Waals surface area (Å²) in [5, 5.41) is 6.94. The van der Waals surface area contributed by atoms with Crippen molar-refractivity contribution in [1.82, 2.24) is 9.55 Å². The molecule has 6 heteroatoms. The summed E-state index contributed by atoms with van der Waals surface area (Å²) in [6, 6.07) is 62.1. The second-order valence-electron chi connectivity index (χ2n) is 14.0. The highest BCUT2D eigenvalue weighted by Gasteiger charge is 2.22. The first-order chi connectivity index (χ1) is 27.2. The van der Waals surface area contributed by atoms with E-state index in [1.165, 1.54) is 42.0 Å². The van der Waals surface area contributed by atoms with E-state index in [-0.39, 0.29) is 0 Å². The van der Waals surface area contributed by atoms with Crippen molar-refractivity contribution in [2.24, 2.45) is 0 Å². The molecule has 0 unspecified atom stereocenters. The molecule has 0 aliphatic carbocycles. The molecule has 55 heavy (non-hydrogen) atoms. The van der Waals surface area contributed by atoms with Gasteiger partial charge in [0.15, 0.2) is 5.58 Å². The third-order valence-corrected chi connectivity index (χ3v) is 12.0. The van der Waals surface area contributed by atoms with Crippen molar-refractivity contribution in [3.8, 4) is 17.1 Å². The lowest BCUT2D eigenvalue weighted by Gasteiger charge is -2.26. The first-order valence-electron chi connectivity index (χ1n) is 18.4. The maximum Gasteiger partial charge on any atom is 0.227 e. The number of thiophene rings is 1. The number of hydrogen-bond donors (Lipinski definition) is 0. The van der Waals surface area contributed by atoms with E-state index in [9.17, 15) is 0 Å². The van der Waals surface area contributed by atoms with Gasteiger partial charge in [-0.3, -0.25) is 0 Å². The summed E-state index contributed by atoms with van der Waals surface area (Å²) in [6.07, 6.45) is 0. The van der Waals surface area contributed by atoms with Crippen LogP contribution in [0, 0.1) is 0 Å². The second-order valence-corrected chi connectivity index (χ2v) is 15.0. The number of fused-ring (bicyclic) bond motifs is 10. The first kappa shape index (κ1) is 30.3. The molecule has 0 saturated carbocycles. The number of aromatic nitrogens is 2. The maximum absolute atomic E-state index is 6.48. The Balaban J connectivity index is 1.10. The molecule has 12 aromatic rings. The van der Waals surface area contributed by atoms with E-state index in [4.69, 9.17) is 13.8 Å². The standard InChI is InChI=1S/C49H29N3O2S/c1-3-12-30(13-4-1)49-50-40-29-45-39(28-46(40)54-49)38-27-33(23-25-44(38)53-45)51(43-20-11-18-36-35-17-8-10-21-47(35)55-48(36)43)32-22-24-42-37(26-32)34-16-7-9-19-41(34)52(42)31-14-5-2-6-15-31/h1-29H. The van der Waals surface area contributed by atoms with Crippen LogP contribution < -0.4 is 4.90 Å². The Morgan fingerprint density at radius 1 is 0.473 bits per heavy atom. The summed E-state index contributed by atoms with van der Waals surface area (Å²) in [7, 11) is 0. The normalized spacial score (nSPS) is 12.0. The monoisotopic (exact) mass is 723 g/mol. The number of rotatable bonds is 5. The molecule has 0 bridgehead atoms. The van der Waals surface area contributed by atoms with Crippen molar-refractivity contribution < 1.29 is 8.83 Å². The van der Waals surface area contributed by atoms with Gasteiger partial charge in [-0.1, -0.05) is 84.9 Å². The van der Waals surface area contributed by atoms with Crippen LogP contribution >= 0.6 is 11.3 Å². The molecule has 0 aliphatic rings. The molecule has 4 aromatic heterocycles. The van der Waals surface area contributed by atoms with Gasteiger partial charge >= 0.3 is 0 Å². The third-order valence-electron chi connectivity index (χ3n) is 10.8. The number of para-hydroxylation sites is 2. The van der Waals surface area contributed by atoms with Gasteiger partial charge in [-0.05, 0) is 84.9 Å². The molecule has 0 fully saturated rings. The number of nitrogens with zero attached hydrogens (tertiary/aromatic N) is 3. The minimum absolute atomic E-state index is 0.597. The van der Waals surface area contributed by atoms with Gasteiger partial charge in [0.1, 0.15) is 16.7 Å². The van der Waals surface area contributed by atoms with Crippen molar-refractivity contribution in [1.29, 1.82) is 0 Å². The highest BCUT2D eigenvalue weighted by atomic mass is 32.1. The number of oxazole rings is 1. The fourth-order valence-electron chi connectivity index (χ4n) is 8.32. The zero-order valence-electron chi connectivity index (χ0n) is 29.3. The molecule has 12 rings (SSSR count). The minimum atomic E-state index is 0.597. The lowest BCUT2D eigenvalue weighted by Crippen LogP contribution is -2.10. The molecular weight excluding hydrogens is 695 g/mol. The van der Waals surface area contributed by atoms with Crippen LogP contribution in [0.25, 0.3) is 92.2 Å². The number of furan rings is 1. The summed E-state index contributed by atoms with van der Waals surface area (Å²) in [5.74, 6) is 0.597. The summed E-state index contributed by atoms with van der Waals surface area (Å²) >= 11 is 1.84. The molecule has 0 spiro atoms. The molecule has 0 radical (unpaired) electrons. The van der Waals surface area contributed by atoms with E-state index in [1.54, 1.807) is 0 Å². The highest BCUT2D eigenvalue weighted by molar-refractivity contribution is 7.26. The second kappa shape index (κ2) is 11.7. The van der Waals surface area contributed by atoms with Gasteiger partial charge < -0.3 is 18.3 Å². The molecule has 0 aliphatic heterocycles. The molecule has 0 N–H and O–H groups in total. The lowest BCUT2D eigenvalue weighted by molar-refractivity contribution is 0.620. The van der Waals surface area contributed by atoms with Gasteiger partial charge in [-0.25, -0.2) is 4.98 Å². The van der Waals surface area contributed by atoms with Crippen LogP contribution in [0.15, 0.2) is 185 Å². The largest absolute Gasteiger partial charge is 0.456 e. The van der Waals surface area contributed by atoms with Crippen LogP contribution in [0.2, 0.25) is 0 Å². The van der Waals surface area contributed by atoms with E-state index < -0.39 is 0 Å². The van der Waals surface area contributed by atoms with Crippen molar-refractivity contribution >= 4 is 103 Å². The van der Waals surface area contributed by atoms with Crippen molar-refractivity contribution in [2.75, 3.05) is 4.90 Å². The van der Waals surface area contributed by atoms with E-state index >= 15 is 0 Å². The predicted molar refractivity (Wildman–Crippen MR) is 229 cm³/mol. The van der Waals surface area contributed by atoms with Crippen molar-refractivity contribution in [2.45, 2.75) is 0 Å². The van der Waals surface area contributed by atoms with Gasteiger partial charge in [0.25, 0.3) is 0 Å². The highest BCUT2D eigenvalue weighted by Crippen LogP contribution is 2.47. The van der Waals surface area contributed by atoms with Gasteiger partial charge in [0.05, 0.1) is 21.4 Å². The predicted octanol–water partition coefficient (Wildman–Crippen LogP) is 14.3. The Bertz CT molecular complexity index is 3450. The smallest absolute Gasteiger partial charge is 0.227 e. The molecule has 0 atom stereocenters. The molecular formula is C49H29N3O2S. The lowest BCUT2D eigenvalue weighted by atomic mass is 10.1. The molecule has 0 saturated heterocycles. The summed E-state index contributed by atoms with van der Waals surface area (Å²) < 4.78 is 17.7. The number of hydrogen-bond acceptors (Lipinski definition) is 5. The van der Waals surface area contributed by atoms with E-state index in [0.717, 1.165) is 61.4 Å². The zero-order chi connectivity index (χ0) is 36.0. The fourth-order valence-corrected chi connectivity index (χ4v) is 9.53. The van der Waals surface area contributed by atoms with Gasteiger partial charge in [0.2, 0.25) is 5.89 Å². The van der Waals surface area contributed by atoms with Gasteiger partial charge in [-0.15, -0.1) is 11.3 Å². The Morgan fingerprint density at radius 3 is 2.04 bits per heavy atom. The van der Waals surface area contributed by atoms with Crippen LogP contribution in [0.1, 0.15) is 0 Å². The quantitative estimate of drug-likeness (QED) is 0.177. The Hall–Kier alpha value is -7.15. The van der Waals surface area contributed by atoms with E-state index in [0.29, 0.717) is 5.89 Å². The van der Waals surface area contributed by atoms with Gasteiger partial charge in [0, 0.05) is 65.7 Å². The van der Waals surface area contributed by atoms with E-state index in [2.05, 4.69) is 149 Å². The van der Waals surface area contributed by atoms with Crippen LogP contribution in [0.3, 0.4) is 0 Å². The Morgan fingerprint density at radius 2 is 1.16 bits per heavy atom. The van der Waals surface area contributed by atoms with E-state index in [1.807, 2.05) is 47.7 Å². The maximum atomic E-state index is 6.48. The number of benzene rings is 8. The van der Waals surface area contributed by atoms with Crippen LogP contribution in [-0.4, -0.2) is 9.55 Å². The zero-order valence-corrected chi connectivity index (χ0v) is 30.1. The molecule has 0 amide bonds. The molecule has 8 aromatic carbocycles. The van der Waals surface area contributed by atoms with Crippen molar-refractivity contribution in [3.05, 3.63) is 176 Å². The summed E-state index contributed by atoms with van der Waals surface area (Å²) in [6.45, 7) is 0. The average Bonchev–Trinajstić information content (AvgIpc) is 4.01. The van der Waals surface area contributed by atoms with Crippen LogP contribution in [0.5, 0.6) is 0 Å². The molecule has 258 valence electrons. The SMILES string of the molecule is c1ccc(-c2nc3cc4oc5ccc(N(c6ccc7c(c6)c6ccccc6n7-c6ccccc6)c6cccc7c6sc6ccccc67)cc5c4cc3o2)cc1. The van der Waals surface area contributed by atoms with Gasteiger partial charge in [-0.2, -0.15) is 0 Å². The van der Waals surface area contributed by atoms with Crippen LogP contribution in [0.4, 0.5) is 17.1 Å². The Labute approximate surface area is 318 Å². The first-order valence-corrected chi connectivity index (χ1v) is 19.2. The number of anilines is 3. The molecule has 5 nitrogen and oxygen atoms in total. The molecule has 4 heterocycles.